The van der Waals surface area contributed by atoms with Crippen molar-refractivity contribution in [2.45, 2.75) is 72.6 Å². The third-order valence-electron chi connectivity index (χ3n) is 5.40. The molecule has 0 aliphatic rings. The van der Waals surface area contributed by atoms with E-state index in [0.29, 0.717) is 0 Å². The average Bonchev–Trinajstić information content (AvgIpc) is 2.50. The Morgan fingerprint density at radius 3 is 1.54 bits per heavy atom. The molecular weight excluding hydrogens is 331 g/mol. The number of benzene rings is 2. The number of rotatable bonds is 3. The zero-order valence-corrected chi connectivity index (χ0v) is 19.2. The van der Waals surface area contributed by atoms with Crippen LogP contribution in [0.15, 0.2) is 54.6 Å². The second-order valence-electron chi connectivity index (χ2n) is 10.8. The van der Waals surface area contributed by atoms with Gasteiger partial charge in [-0.3, -0.25) is 0 Å². The van der Waals surface area contributed by atoms with Crippen LogP contribution in [0.4, 0.5) is 0 Å². The van der Waals surface area contributed by atoms with Crippen molar-refractivity contribution < 1.29 is 0 Å². The maximum atomic E-state index is 2.47. The van der Waals surface area contributed by atoms with Crippen LogP contribution in [0.1, 0.15) is 62.3 Å². The minimum Gasteiger partial charge on any atom is -0.0622 e. The zero-order chi connectivity index (χ0) is 19.8. The summed E-state index contributed by atoms with van der Waals surface area (Å²) in [6.45, 7) is 22.1. The Kier molecular flexibility index (Phi) is 5.80. The molecule has 0 unspecified atom stereocenters. The SMILES string of the molecule is CC(C)(C)C[P+](c1ccccc1-c1ccccc1)(C(C)(C)C)C(C)(C)C. The fourth-order valence-corrected chi connectivity index (χ4v) is 11.6. The van der Waals surface area contributed by atoms with E-state index < -0.39 is 7.26 Å². The minimum absolute atomic E-state index is 0.239. The summed E-state index contributed by atoms with van der Waals surface area (Å²) in [5.74, 6) is 0. The van der Waals surface area contributed by atoms with E-state index in [1.165, 1.54) is 17.3 Å². The van der Waals surface area contributed by atoms with Crippen LogP contribution in [0.25, 0.3) is 11.1 Å². The number of hydrogen-bond acceptors (Lipinski definition) is 0. The van der Waals surface area contributed by atoms with Crippen molar-refractivity contribution in [1.29, 1.82) is 0 Å². The molecule has 2 aromatic carbocycles. The summed E-state index contributed by atoms with van der Waals surface area (Å²) < 4.78 is 0. The summed E-state index contributed by atoms with van der Waals surface area (Å²) in [7, 11) is -1.54. The van der Waals surface area contributed by atoms with E-state index in [2.05, 4.69) is 117 Å². The molecule has 0 nitrogen and oxygen atoms in total. The molecule has 142 valence electrons. The van der Waals surface area contributed by atoms with Crippen molar-refractivity contribution in [3.63, 3.8) is 0 Å². The van der Waals surface area contributed by atoms with Gasteiger partial charge in [0.25, 0.3) is 0 Å². The van der Waals surface area contributed by atoms with E-state index in [1.807, 2.05) is 0 Å². The Bertz CT molecular complexity index is 707. The molecule has 26 heavy (non-hydrogen) atoms. The molecule has 0 heterocycles. The number of hydrogen-bond donors (Lipinski definition) is 0. The molecule has 2 aromatic rings. The fraction of sp³-hybridized carbons (Fsp3) is 0.520. The molecular formula is C25H38P+. The first-order valence-electron chi connectivity index (χ1n) is 9.83. The third kappa shape index (κ3) is 4.07. The highest BCUT2D eigenvalue weighted by atomic mass is 31.2. The maximum absolute atomic E-state index is 2.47. The van der Waals surface area contributed by atoms with Crippen molar-refractivity contribution >= 4 is 12.6 Å². The Morgan fingerprint density at radius 1 is 0.615 bits per heavy atom. The van der Waals surface area contributed by atoms with Gasteiger partial charge in [-0.15, -0.1) is 0 Å². The van der Waals surface area contributed by atoms with Gasteiger partial charge in [0, 0.05) is 5.56 Å². The molecule has 0 spiro atoms. The lowest BCUT2D eigenvalue weighted by Gasteiger charge is -2.50. The van der Waals surface area contributed by atoms with Gasteiger partial charge >= 0.3 is 0 Å². The largest absolute Gasteiger partial charge is 0.103 e. The second kappa shape index (κ2) is 7.12. The molecule has 0 radical (unpaired) electrons. The molecule has 0 aromatic heterocycles. The van der Waals surface area contributed by atoms with Gasteiger partial charge in [-0.2, -0.15) is 0 Å². The lowest BCUT2D eigenvalue weighted by atomic mass is 10.0. The molecule has 2 rings (SSSR count). The Hall–Kier alpha value is -1.13. The zero-order valence-electron chi connectivity index (χ0n) is 18.4. The van der Waals surface area contributed by atoms with Crippen molar-refractivity contribution in [3.8, 4) is 11.1 Å². The van der Waals surface area contributed by atoms with E-state index >= 15 is 0 Å². The van der Waals surface area contributed by atoms with E-state index in [4.69, 9.17) is 0 Å². The van der Waals surface area contributed by atoms with Gasteiger partial charge in [0.1, 0.15) is 5.30 Å². The van der Waals surface area contributed by atoms with E-state index in [-0.39, 0.29) is 15.7 Å². The highest BCUT2D eigenvalue weighted by Gasteiger charge is 2.61. The molecule has 1 heteroatoms. The fourth-order valence-electron chi connectivity index (χ4n) is 4.67. The van der Waals surface area contributed by atoms with Crippen LogP contribution in [0.2, 0.25) is 0 Å². The van der Waals surface area contributed by atoms with E-state index in [9.17, 15) is 0 Å². The van der Waals surface area contributed by atoms with Crippen LogP contribution in [0.3, 0.4) is 0 Å². The monoisotopic (exact) mass is 369 g/mol. The first-order valence-corrected chi connectivity index (χ1v) is 11.8. The predicted octanol–water partition coefficient (Wildman–Crippen LogP) is 7.64. The van der Waals surface area contributed by atoms with Crippen molar-refractivity contribution in [1.82, 2.24) is 0 Å². The Balaban J connectivity index is 2.88. The van der Waals surface area contributed by atoms with Gasteiger partial charge in [-0.25, -0.2) is 0 Å². The van der Waals surface area contributed by atoms with Gasteiger partial charge in [0.05, 0.1) is 23.7 Å². The molecule has 0 saturated carbocycles. The maximum Gasteiger partial charge on any atom is 0.103 e. The highest BCUT2D eigenvalue weighted by Crippen LogP contribution is 2.77. The molecule has 0 aliphatic carbocycles. The quantitative estimate of drug-likeness (QED) is 0.488. The van der Waals surface area contributed by atoms with Crippen LogP contribution in [-0.4, -0.2) is 16.5 Å². The lowest BCUT2D eigenvalue weighted by molar-refractivity contribution is 0.466. The minimum atomic E-state index is -1.54. The third-order valence-corrected chi connectivity index (χ3v) is 12.6. The first-order chi connectivity index (χ1) is 11.8. The molecule has 0 amide bonds. The Labute approximate surface area is 162 Å². The van der Waals surface area contributed by atoms with Gasteiger partial charge in [-0.1, -0.05) is 69.3 Å². The van der Waals surface area contributed by atoms with Gasteiger partial charge in [0.2, 0.25) is 0 Å². The van der Waals surface area contributed by atoms with E-state index in [0.717, 1.165) is 0 Å². The average molecular weight is 370 g/mol. The summed E-state index contributed by atoms with van der Waals surface area (Å²) in [4.78, 5) is 0. The van der Waals surface area contributed by atoms with Gasteiger partial charge < -0.3 is 0 Å². The summed E-state index contributed by atoms with van der Waals surface area (Å²) in [5, 5.41) is 2.08. The van der Waals surface area contributed by atoms with Crippen LogP contribution >= 0.6 is 7.26 Å². The molecule has 0 saturated heterocycles. The lowest BCUT2D eigenvalue weighted by Crippen LogP contribution is -2.45. The topological polar surface area (TPSA) is 0 Å². The van der Waals surface area contributed by atoms with Crippen molar-refractivity contribution in [3.05, 3.63) is 54.6 Å². The second-order valence-corrected chi connectivity index (χ2v) is 15.9. The van der Waals surface area contributed by atoms with Gasteiger partial charge in [-0.05, 0) is 58.6 Å². The molecule has 0 bridgehead atoms. The first kappa shape index (κ1) is 21.2. The normalized spacial score (nSPS) is 13.7. The smallest absolute Gasteiger partial charge is 0.0622 e. The Morgan fingerprint density at radius 2 is 1.08 bits per heavy atom. The summed E-state index contributed by atoms with van der Waals surface area (Å²) >= 11 is 0. The summed E-state index contributed by atoms with van der Waals surface area (Å²) in [5.41, 5.74) is 3.06. The molecule has 0 fully saturated rings. The van der Waals surface area contributed by atoms with Crippen LogP contribution < -0.4 is 5.30 Å². The van der Waals surface area contributed by atoms with Crippen molar-refractivity contribution in [2.24, 2.45) is 5.41 Å². The van der Waals surface area contributed by atoms with E-state index in [1.54, 1.807) is 5.30 Å². The van der Waals surface area contributed by atoms with Crippen molar-refractivity contribution in [2.75, 3.05) is 6.16 Å². The highest BCUT2D eigenvalue weighted by molar-refractivity contribution is 7.85. The molecule has 0 aliphatic heterocycles. The predicted molar refractivity (Wildman–Crippen MR) is 122 cm³/mol. The van der Waals surface area contributed by atoms with Crippen LogP contribution in [0, 0.1) is 5.41 Å². The van der Waals surface area contributed by atoms with Crippen LogP contribution in [-0.2, 0) is 0 Å². The van der Waals surface area contributed by atoms with Crippen LogP contribution in [0.5, 0.6) is 0 Å². The summed E-state index contributed by atoms with van der Waals surface area (Å²) in [6.07, 6.45) is 1.26. The molecule has 0 atom stereocenters. The summed E-state index contributed by atoms with van der Waals surface area (Å²) in [6, 6.07) is 20.1. The molecule has 0 N–H and O–H groups in total. The standard InChI is InChI=1S/C25H38P/c1-23(2,3)19-26(24(4,5)6,25(7,8)9)22-18-14-13-17-21(22)20-15-11-10-12-16-20/h10-18H,19H2,1-9H3/q+1. The van der Waals surface area contributed by atoms with Gasteiger partial charge in [0.15, 0.2) is 0 Å².